The molecule has 0 aromatic carbocycles. The molecular formula is C18H36N4O. The van der Waals surface area contributed by atoms with E-state index in [-0.39, 0.29) is 0 Å². The summed E-state index contributed by atoms with van der Waals surface area (Å²) in [5, 5.41) is 3.40. The standard InChI is InChI=1S/C18H36N4O/c1-4-19-18(22(3)13-14-23-15-17-5-6-17)20-10-7-16-8-11-21(2)12-9-16/h16-17H,4-15H2,1-3H3,(H,19,20). The Kier molecular flexibility index (Phi) is 8.17. The van der Waals surface area contributed by atoms with Crippen LogP contribution in [0.25, 0.3) is 0 Å². The van der Waals surface area contributed by atoms with E-state index < -0.39 is 0 Å². The molecule has 1 heterocycles. The zero-order valence-electron chi connectivity index (χ0n) is 15.4. The zero-order valence-corrected chi connectivity index (χ0v) is 15.4. The van der Waals surface area contributed by atoms with Crippen molar-refractivity contribution >= 4 is 5.96 Å². The Morgan fingerprint density at radius 3 is 2.61 bits per heavy atom. The van der Waals surface area contributed by atoms with Crippen LogP contribution in [0.1, 0.15) is 39.0 Å². The van der Waals surface area contributed by atoms with Gasteiger partial charge in [-0.1, -0.05) is 0 Å². The van der Waals surface area contributed by atoms with Crippen molar-refractivity contribution in [3.8, 4) is 0 Å². The Morgan fingerprint density at radius 2 is 1.96 bits per heavy atom. The Bertz CT molecular complexity index is 349. The molecule has 0 aromatic heterocycles. The van der Waals surface area contributed by atoms with Crippen molar-refractivity contribution in [3.63, 3.8) is 0 Å². The molecule has 23 heavy (non-hydrogen) atoms. The molecule has 0 spiro atoms. The van der Waals surface area contributed by atoms with Gasteiger partial charge in [-0.2, -0.15) is 0 Å². The Hall–Kier alpha value is -0.810. The number of piperidine rings is 1. The molecule has 0 bridgehead atoms. The van der Waals surface area contributed by atoms with Gasteiger partial charge in [0.15, 0.2) is 5.96 Å². The predicted molar refractivity (Wildman–Crippen MR) is 97.0 cm³/mol. The number of nitrogens with zero attached hydrogens (tertiary/aromatic N) is 3. The second-order valence-electron chi connectivity index (χ2n) is 7.21. The van der Waals surface area contributed by atoms with E-state index in [0.29, 0.717) is 0 Å². The maximum atomic E-state index is 5.74. The summed E-state index contributed by atoms with van der Waals surface area (Å²) in [6, 6.07) is 0. The highest BCUT2D eigenvalue weighted by molar-refractivity contribution is 5.79. The second-order valence-corrected chi connectivity index (χ2v) is 7.21. The third kappa shape index (κ3) is 7.53. The molecule has 1 saturated carbocycles. The van der Waals surface area contributed by atoms with E-state index in [1.54, 1.807) is 0 Å². The third-order valence-electron chi connectivity index (χ3n) is 4.96. The molecule has 0 amide bonds. The Morgan fingerprint density at radius 1 is 1.22 bits per heavy atom. The lowest BCUT2D eigenvalue weighted by atomic mass is 9.94. The highest BCUT2D eigenvalue weighted by Crippen LogP contribution is 2.28. The lowest BCUT2D eigenvalue weighted by Gasteiger charge is -2.28. The normalized spacial score (nSPS) is 20.7. The van der Waals surface area contributed by atoms with E-state index >= 15 is 0 Å². The summed E-state index contributed by atoms with van der Waals surface area (Å²) >= 11 is 0. The van der Waals surface area contributed by atoms with Gasteiger partial charge in [0.2, 0.25) is 0 Å². The van der Waals surface area contributed by atoms with Gasteiger partial charge < -0.3 is 19.9 Å². The first-order chi connectivity index (χ1) is 11.2. The number of hydrogen-bond donors (Lipinski definition) is 1. The van der Waals surface area contributed by atoms with Crippen LogP contribution in [0.3, 0.4) is 0 Å². The lowest BCUT2D eigenvalue weighted by Crippen LogP contribution is -2.40. The lowest BCUT2D eigenvalue weighted by molar-refractivity contribution is 0.115. The van der Waals surface area contributed by atoms with Crippen LogP contribution >= 0.6 is 0 Å². The first kappa shape index (κ1) is 18.5. The molecular weight excluding hydrogens is 288 g/mol. The summed E-state index contributed by atoms with van der Waals surface area (Å²) < 4.78 is 5.74. The van der Waals surface area contributed by atoms with Crippen LogP contribution in [0.15, 0.2) is 4.99 Å². The van der Waals surface area contributed by atoms with Crippen molar-refractivity contribution in [3.05, 3.63) is 0 Å². The molecule has 5 nitrogen and oxygen atoms in total. The Labute approximate surface area is 142 Å². The van der Waals surface area contributed by atoms with Gasteiger partial charge in [0, 0.05) is 33.3 Å². The van der Waals surface area contributed by atoms with Gasteiger partial charge in [-0.15, -0.1) is 0 Å². The molecule has 1 aliphatic heterocycles. The minimum atomic E-state index is 0.798. The summed E-state index contributed by atoms with van der Waals surface area (Å²) in [4.78, 5) is 9.44. The fraction of sp³-hybridized carbons (Fsp3) is 0.944. The topological polar surface area (TPSA) is 40.1 Å². The summed E-state index contributed by atoms with van der Waals surface area (Å²) in [5.41, 5.74) is 0. The number of ether oxygens (including phenoxy) is 1. The van der Waals surface area contributed by atoms with Gasteiger partial charge in [0.25, 0.3) is 0 Å². The van der Waals surface area contributed by atoms with Crippen LogP contribution in [0, 0.1) is 11.8 Å². The van der Waals surface area contributed by atoms with Crippen molar-refractivity contribution < 1.29 is 4.74 Å². The first-order valence-corrected chi connectivity index (χ1v) is 9.44. The molecule has 2 fully saturated rings. The van der Waals surface area contributed by atoms with Gasteiger partial charge in [0.1, 0.15) is 0 Å². The minimum absolute atomic E-state index is 0.798. The number of likely N-dealkylation sites (N-methyl/N-ethyl adjacent to an activating group) is 1. The van der Waals surface area contributed by atoms with Crippen molar-refractivity contribution in [1.29, 1.82) is 0 Å². The number of nitrogens with one attached hydrogen (secondary N) is 1. The maximum absolute atomic E-state index is 5.74. The summed E-state index contributed by atoms with van der Waals surface area (Å²) in [5.74, 6) is 2.72. The van der Waals surface area contributed by atoms with E-state index in [1.165, 1.54) is 45.2 Å². The van der Waals surface area contributed by atoms with Crippen LogP contribution in [0.4, 0.5) is 0 Å². The van der Waals surface area contributed by atoms with Crippen molar-refractivity contribution in [2.24, 2.45) is 16.8 Å². The fourth-order valence-electron chi connectivity index (χ4n) is 3.02. The van der Waals surface area contributed by atoms with Gasteiger partial charge in [-0.25, -0.2) is 0 Å². The average molecular weight is 325 g/mol. The van der Waals surface area contributed by atoms with E-state index in [1.807, 2.05) is 0 Å². The molecule has 2 rings (SSSR count). The van der Waals surface area contributed by atoms with Crippen molar-refractivity contribution in [2.75, 3.05) is 60.0 Å². The predicted octanol–water partition coefficient (Wildman–Crippen LogP) is 2.04. The van der Waals surface area contributed by atoms with E-state index in [4.69, 9.17) is 9.73 Å². The highest BCUT2D eigenvalue weighted by Gasteiger charge is 2.21. The molecule has 1 N–H and O–H groups in total. The summed E-state index contributed by atoms with van der Waals surface area (Å²) in [6.07, 6.45) is 6.59. The molecule has 5 heteroatoms. The van der Waals surface area contributed by atoms with Crippen LogP contribution < -0.4 is 5.32 Å². The first-order valence-electron chi connectivity index (χ1n) is 9.44. The largest absolute Gasteiger partial charge is 0.379 e. The molecule has 0 unspecified atom stereocenters. The highest BCUT2D eigenvalue weighted by atomic mass is 16.5. The van der Waals surface area contributed by atoms with Crippen molar-refractivity contribution in [2.45, 2.75) is 39.0 Å². The van der Waals surface area contributed by atoms with E-state index in [2.05, 4.69) is 36.1 Å². The monoisotopic (exact) mass is 324 g/mol. The molecule has 0 radical (unpaired) electrons. The molecule has 0 atom stereocenters. The van der Waals surface area contributed by atoms with Crippen LogP contribution in [0.2, 0.25) is 0 Å². The number of aliphatic imine (C=N–C) groups is 1. The number of guanidine groups is 1. The number of hydrogen-bond acceptors (Lipinski definition) is 3. The van der Waals surface area contributed by atoms with E-state index in [9.17, 15) is 0 Å². The maximum Gasteiger partial charge on any atom is 0.193 e. The van der Waals surface area contributed by atoms with Gasteiger partial charge in [-0.3, -0.25) is 4.99 Å². The van der Waals surface area contributed by atoms with Gasteiger partial charge >= 0.3 is 0 Å². The fourth-order valence-corrected chi connectivity index (χ4v) is 3.02. The SMILES string of the molecule is CCNC(=NCCC1CCN(C)CC1)N(C)CCOCC1CC1. The number of rotatable bonds is 9. The minimum Gasteiger partial charge on any atom is -0.379 e. The summed E-state index contributed by atoms with van der Waals surface area (Å²) in [6.45, 7) is 9.12. The smallest absolute Gasteiger partial charge is 0.193 e. The average Bonchev–Trinajstić information content (AvgIpc) is 3.36. The van der Waals surface area contributed by atoms with Crippen LogP contribution in [0.5, 0.6) is 0 Å². The van der Waals surface area contributed by atoms with Crippen LogP contribution in [-0.2, 0) is 4.74 Å². The van der Waals surface area contributed by atoms with Gasteiger partial charge in [-0.05, 0) is 71.0 Å². The molecule has 134 valence electrons. The number of likely N-dealkylation sites (tertiary alicyclic amines) is 1. The van der Waals surface area contributed by atoms with Gasteiger partial charge in [0.05, 0.1) is 6.61 Å². The summed E-state index contributed by atoms with van der Waals surface area (Å²) in [7, 11) is 4.33. The van der Waals surface area contributed by atoms with Crippen LogP contribution in [-0.4, -0.2) is 75.8 Å². The molecule has 2 aliphatic rings. The molecule has 1 saturated heterocycles. The quantitative estimate of drug-likeness (QED) is 0.400. The van der Waals surface area contributed by atoms with E-state index in [0.717, 1.165) is 50.6 Å². The molecule has 0 aromatic rings. The second kappa shape index (κ2) is 10.1. The zero-order chi connectivity index (χ0) is 16.5. The third-order valence-corrected chi connectivity index (χ3v) is 4.96. The van der Waals surface area contributed by atoms with Crippen molar-refractivity contribution in [1.82, 2.24) is 15.1 Å². The Balaban J connectivity index is 1.65. The molecule has 1 aliphatic carbocycles.